The fourth-order valence-electron chi connectivity index (χ4n) is 3.09. The molecule has 1 N–H and O–H groups in total. The number of nitrogens with zero attached hydrogens (tertiary/aromatic N) is 1. The van der Waals surface area contributed by atoms with Gasteiger partial charge in [0.2, 0.25) is 5.91 Å². The maximum absolute atomic E-state index is 12.8. The molecule has 132 valence electrons. The molecule has 6 heteroatoms. The quantitative estimate of drug-likeness (QED) is 0.864. The van der Waals surface area contributed by atoms with Crippen molar-refractivity contribution < 1.29 is 14.3 Å². The average Bonchev–Trinajstić information content (AvgIpc) is 3.10. The number of rotatable bonds is 6. The Hall–Kier alpha value is -2.34. The van der Waals surface area contributed by atoms with Gasteiger partial charge in [0.1, 0.15) is 6.04 Å². The predicted octanol–water partition coefficient (Wildman–Crippen LogP) is 2.72. The Morgan fingerprint density at radius 1 is 1.24 bits per heavy atom. The summed E-state index contributed by atoms with van der Waals surface area (Å²) >= 11 is 1.70. The molecule has 5 nitrogen and oxygen atoms in total. The summed E-state index contributed by atoms with van der Waals surface area (Å²) in [4.78, 5) is 26.2. The summed E-state index contributed by atoms with van der Waals surface area (Å²) in [6.07, 6.45) is 0.881. The van der Waals surface area contributed by atoms with Crippen LogP contribution in [0.25, 0.3) is 0 Å². The van der Waals surface area contributed by atoms with Gasteiger partial charge in [0.15, 0.2) is 0 Å². The minimum absolute atomic E-state index is 0.0455. The van der Waals surface area contributed by atoms with Crippen molar-refractivity contribution in [3.8, 4) is 0 Å². The first-order valence-corrected chi connectivity index (χ1v) is 9.28. The molecule has 1 atom stereocenters. The number of nitrogens with one attached hydrogen (secondary N) is 1. The van der Waals surface area contributed by atoms with Crippen LogP contribution in [-0.2, 0) is 22.4 Å². The summed E-state index contributed by atoms with van der Waals surface area (Å²) in [5.41, 5.74) is 2.34. The van der Waals surface area contributed by atoms with Gasteiger partial charge in [-0.1, -0.05) is 30.3 Å². The second kappa shape index (κ2) is 8.16. The van der Waals surface area contributed by atoms with Crippen molar-refractivity contribution in [2.24, 2.45) is 5.92 Å². The molecule has 1 aromatic carbocycles. The Morgan fingerprint density at radius 2 is 2.00 bits per heavy atom. The number of alkyl carbamates (subject to hydrolysis) is 1. The number of carbonyl (C=O) groups is 2. The summed E-state index contributed by atoms with van der Waals surface area (Å²) in [5, 5.41) is 6.90. The van der Waals surface area contributed by atoms with Crippen LogP contribution >= 0.6 is 11.3 Å². The van der Waals surface area contributed by atoms with E-state index in [1.807, 2.05) is 35.2 Å². The number of hydrogen-bond acceptors (Lipinski definition) is 4. The standard InChI is InChI=1S/C19H22N2O3S/c1-24-19(23)20-17(10-14-5-3-2-4-6-14)18(22)21-11-16(12-21)9-15-7-8-25-13-15/h2-8,13,16-17H,9-12H2,1H3,(H,20,23). The molecule has 1 saturated heterocycles. The lowest BCUT2D eigenvalue weighted by Crippen LogP contribution is -2.58. The highest BCUT2D eigenvalue weighted by Gasteiger charge is 2.35. The molecule has 0 bridgehead atoms. The third kappa shape index (κ3) is 4.60. The Morgan fingerprint density at radius 3 is 2.64 bits per heavy atom. The highest BCUT2D eigenvalue weighted by molar-refractivity contribution is 7.07. The lowest BCUT2D eigenvalue weighted by molar-refractivity contribution is -0.139. The van der Waals surface area contributed by atoms with Gasteiger partial charge in [-0.2, -0.15) is 11.3 Å². The van der Waals surface area contributed by atoms with E-state index in [-0.39, 0.29) is 5.91 Å². The van der Waals surface area contributed by atoms with Crippen LogP contribution < -0.4 is 5.32 Å². The summed E-state index contributed by atoms with van der Waals surface area (Å²) in [5.74, 6) is 0.449. The number of ether oxygens (including phenoxy) is 1. The lowest BCUT2D eigenvalue weighted by atomic mass is 9.92. The van der Waals surface area contributed by atoms with Crippen LogP contribution in [0.1, 0.15) is 11.1 Å². The van der Waals surface area contributed by atoms with Crippen molar-refractivity contribution in [3.05, 3.63) is 58.3 Å². The van der Waals surface area contributed by atoms with E-state index in [0.29, 0.717) is 12.3 Å². The summed E-state index contributed by atoms with van der Waals surface area (Å²) < 4.78 is 4.67. The smallest absolute Gasteiger partial charge is 0.407 e. The Labute approximate surface area is 151 Å². The number of benzene rings is 1. The molecule has 0 spiro atoms. The van der Waals surface area contributed by atoms with Gasteiger partial charge in [-0.05, 0) is 40.3 Å². The van der Waals surface area contributed by atoms with Crippen LogP contribution in [0.4, 0.5) is 4.79 Å². The predicted molar refractivity (Wildman–Crippen MR) is 97.6 cm³/mol. The molecule has 3 rings (SSSR count). The van der Waals surface area contributed by atoms with Gasteiger partial charge in [-0.25, -0.2) is 4.79 Å². The van der Waals surface area contributed by atoms with Gasteiger partial charge in [-0.3, -0.25) is 4.79 Å². The topological polar surface area (TPSA) is 58.6 Å². The maximum atomic E-state index is 12.8. The first kappa shape index (κ1) is 17.5. The molecule has 1 fully saturated rings. The van der Waals surface area contributed by atoms with E-state index >= 15 is 0 Å². The molecule has 2 aromatic rings. The van der Waals surface area contributed by atoms with Gasteiger partial charge < -0.3 is 15.0 Å². The molecule has 2 amide bonds. The Bertz CT molecular complexity index is 697. The van der Waals surface area contributed by atoms with E-state index in [0.717, 1.165) is 25.1 Å². The number of amides is 2. The van der Waals surface area contributed by atoms with Crippen molar-refractivity contribution >= 4 is 23.3 Å². The molecule has 0 aliphatic carbocycles. The Balaban J connectivity index is 1.58. The minimum Gasteiger partial charge on any atom is -0.453 e. The van der Waals surface area contributed by atoms with Crippen LogP contribution in [0.2, 0.25) is 0 Å². The number of hydrogen-bond donors (Lipinski definition) is 1. The van der Waals surface area contributed by atoms with E-state index in [2.05, 4.69) is 26.9 Å². The first-order chi connectivity index (χ1) is 12.2. The maximum Gasteiger partial charge on any atom is 0.407 e. The van der Waals surface area contributed by atoms with Gasteiger partial charge in [0, 0.05) is 19.5 Å². The fourth-order valence-corrected chi connectivity index (χ4v) is 3.77. The number of likely N-dealkylation sites (tertiary alicyclic amines) is 1. The van der Waals surface area contributed by atoms with Crippen LogP contribution in [-0.4, -0.2) is 43.1 Å². The van der Waals surface area contributed by atoms with Crippen molar-refractivity contribution in [3.63, 3.8) is 0 Å². The molecular formula is C19H22N2O3S. The zero-order valence-electron chi connectivity index (χ0n) is 14.2. The zero-order valence-corrected chi connectivity index (χ0v) is 15.0. The highest BCUT2D eigenvalue weighted by atomic mass is 32.1. The van der Waals surface area contributed by atoms with Crippen molar-refractivity contribution in [2.75, 3.05) is 20.2 Å². The van der Waals surface area contributed by atoms with Gasteiger partial charge in [0.25, 0.3) is 0 Å². The first-order valence-electron chi connectivity index (χ1n) is 8.34. The Kier molecular flexibility index (Phi) is 5.71. The molecule has 1 aliphatic heterocycles. The van der Waals surface area contributed by atoms with Crippen LogP contribution in [0.5, 0.6) is 0 Å². The molecular weight excluding hydrogens is 336 g/mol. The molecule has 0 radical (unpaired) electrons. The van der Waals surface area contributed by atoms with Crippen molar-refractivity contribution in [1.82, 2.24) is 10.2 Å². The SMILES string of the molecule is COC(=O)NC(Cc1ccccc1)C(=O)N1CC(Cc2ccsc2)C1. The molecule has 1 aromatic heterocycles. The lowest BCUT2D eigenvalue weighted by Gasteiger charge is -2.41. The fraction of sp³-hybridized carbons (Fsp3) is 0.368. The van der Waals surface area contributed by atoms with Crippen molar-refractivity contribution in [1.29, 1.82) is 0 Å². The molecule has 2 heterocycles. The third-order valence-corrected chi connectivity index (χ3v) is 5.16. The molecule has 25 heavy (non-hydrogen) atoms. The monoisotopic (exact) mass is 358 g/mol. The average molecular weight is 358 g/mol. The van der Waals surface area contributed by atoms with Crippen molar-refractivity contribution in [2.45, 2.75) is 18.9 Å². The van der Waals surface area contributed by atoms with E-state index in [4.69, 9.17) is 0 Å². The second-order valence-electron chi connectivity index (χ2n) is 6.32. The number of methoxy groups -OCH3 is 1. The second-order valence-corrected chi connectivity index (χ2v) is 7.10. The van der Waals surface area contributed by atoms with Gasteiger partial charge in [-0.15, -0.1) is 0 Å². The number of thiophene rings is 1. The van der Waals surface area contributed by atoms with Crippen LogP contribution in [0, 0.1) is 5.92 Å². The largest absolute Gasteiger partial charge is 0.453 e. The van der Waals surface area contributed by atoms with Crippen LogP contribution in [0.3, 0.4) is 0 Å². The van der Waals surface area contributed by atoms with Crippen LogP contribution in [0.15, 0.2) is 47.2 Å². The summed E-state index contributed by atoms with van der Waals surface area (Å²) in [6.45, 7) is 1.48. The zero-order chi connectivity index (χ0) is 17.6. The molecule has 1 unspecified atom stereocenters. The van der Waals surface area contributed by atoms with E-state index in [9.17, 15) is 9.59 Å². The van der Waals surface area contributed by atoms with Gasteiger partial charge in [0.05, 0.1) is 7.11 Å². The van der Waals surface area contributed by atoms with Gasteiger partial charge >= 0.3 is 6.09 Å². The van der Waals surface area contributed by atoms with E-state index < -0.39 is 12.1 Å². The molecule has 0 saturated carbocycles. The van der Waals surface area contributed by atoms with E-state index in [1.54, 1.807) is 11.3 Å². The summed E-state index contributed by atoms with van der Waals surface area (Å²) in [7, 11) is 1.31. The third-order valence-electron chi connectivity index (χ3n) is 4.43. The highest BCUT2D eigenvalue weighted by Crippen LogP contribution is 2.23. The minimum atomic E-state index is -0.600. The normalized spacial score (nSPS) is 15.3. The number of carbonyl (C=O) groups excluding carboxylic acids is 2. The summed E-state index contributed by atoms with van der Waals surface area (Å²) in [6, 6.07) is 11.2. The van der Waals surface area contributed by atoms with E-state index in [1.165, 1.54) is 12.7 Å². The molecule has 1 aliphatic rings.